The third-order valence-electron chi connectivity index (χ3n) is 1.61. The van der Waals surface area contributed by atoms with Crippen LogP contribution in [0.4, 0.5) is 0 Å². The molecule has 2 heteroatoms. The summed E-state index contributed by atoms with van der Waals surface area (Å²) in [6.45, 7) is 3.94. The maximum atomic E-state index is 9.42. The average Bonchev–Trinajstić information content (AvgIpc) is 1.89. The van der Waals surface area contributed by atoms with Crippen molar-refractivity contribution >= 4 is 11.6 Å². The van der Waals surface area contributed by atoms with Crippen LogP contribution in [0.15, 0.2) is 0 Å². The van der Waals surface area contributed by atoms with Gasteiger partial charge >= 0.3 is 0 Å². The maximum Gasteiger partial charge on any atom is 0.0754 e. The Kier molecular flexibility index (Phi) is 5.10. The number of rotatable bonds is 5. The topological polar surface area (TPSA) is 20.2 Å². The fraction of sp³-hybridized carbons (Fsp3) is 1.00. The average molecular weight is 165 g/mol. The largest absolute Gasteiger partial charge is 0.389 e. The van der Waals surface area contributed by atoms with Crippen molar-refractivity contribution in [3.63, 3.8) is 0 Å². The first-order chi connectivity index (χ1) is 4.62. The standard InChI is InChI=1S/C8H17ClO/c1-3-4-5-6-8(2,10)7-9/h10H,3-7H2,1-2H3. The summed E-state index contributed by atoms with van der Waals surface area (Å²) >= 11 is 5.52. The molecule has 0 aromatic carbocycles. The second-order valence-corrected chi connectivity index (χ2v) is 3.35. The van der Waals surface area contributed by atoms with Gasteiger partial charge in [0.25, 0.3) is 0 Å². The van der Waals surface area contributed by atoms with Crippen LogP contribution >= 0.6 is 11.6 Å². The summed E-state index contributed by atoms with van der Waals surface area (Å²) < 4.78 is 0. The Morgan fingerprint density at radius 2 is 2.00 bits per heavy atom. The second kappa shape index (κ2) is 4.97. The molecule has 1 unspecified atom stereocenters. The van der Waals surface area contributed by atoms with Gasteiger partial charge in [0.2, 0.25) is 0 Å². The Bertz CT molecular complexity index is 81.3. The van der Waals surface area contributed by atoms with E-state index in [9.17, 15) is 5.11 Å². The molecule has 0 fully saturated rings. The lowest BCUT2D eigenvalue weighted by Gasteiger charge is -2.19. The van der Waals surface area contributed by atoms with Crippen LogP contribution in [0.25, 0.3) is 0 Å². The van der Waals surface area contributed by atoms with Crippen LogP contribution in [0.5, 0.6) is 0 Å². The van der Waals surface area contributed by atoms with Gasteiger partial charge in [-0.2, -0.15) is 0 Å². The van der Waals surface area contributed by atoms with Crippen molar-refractivity contribution in [2.45, 2.75) is 45.1 Å². The number of halogens is 1. The summed E-state index contributed by atoms with van der Waals surface area (Å²) in [6.07, 6.45) is 4.28. The van der Waals surface area contributed by atoms with E-state index >= 15 is 0 Å². The Balaban J connectivity index is 3.28. The Labute approximate surface area is 68.4 Å². The van der Waals surface area contributed by atoms with Crippen LogP contribution in [0.1, 0.15) is 39.5 Å². The Morgan fingerprint density at radius 3 is 2.40 bits per heavy atom. The van der Waals surface area contributed by atoms with E-state index in [0.717, 1.165) is 12.8 Å². The molecule has 0 aliphatic rings. The Hall–Kier alpha value is 0.250. The normalized spacial score (nSPS) is 16.8. The Morgan fingerprint density at radius 1 is 1.40 bits per heavy atom. The molecule has 0 aromatic heterocycles. The number of aliphatic hydroxyl groups is 1. The van der Waals surface area contributed by atoms with Gasteiger partial charge in [0.05, 0.1) is 11.5 Å². The number of hydrogen-bond acceptors (Lipinski definition) is 1. The number of unbranched alkanes of at least 4 members (excludes halogenated alkanes) is 2. The first-order valence-electron chi connectivity index (χ1n) is 3.91. The van der Waals surface area contributed by atoms with E-state index in [4.69, 9.17) is 11.6 Å². The maximum absolute atomic E-state index is 9.42. The highest BCUT2D eigenvalue weighted by Crippen LogP contribution is 2.15. The lowest BCUT2D eigenvalue weighted by molar-refractivity contribution is 0.0718. The first kappa shape index (κ1) is 10.2. The number of hydrogen-bond donors (Lipinski definition) is 1. The molecule has 0 aromatic rings. The van der Waals surface area contributed by atoms with Gasteiger partial charge in [0.1, 0.15) is 0 Å². The van der Waals surface area contributed by atoms with Crippen molar-refractivity contribution in [3.8, 4) is 0 Å². The first-order valence-corrected chi connectivity index (χ1v) is 4.44. The fourth-order valence-corrected chi connectivity index (χ4v) is 0.956. The predicted molar refractivity (Wildman–Crippen MR) is 45.5 cm³/mol. The molecule has 0 aliphatic carbocycles. The molecule has 1 N–H and O–H groups in total. The molecule has 0 saturated heterocycles. The van der Waals surface area contributed by atoms with E-state index in [2.05, 4.69) is 6.92 Å². The van der Waals surface area contributed by atoms with Crippen molar-refractivity contribution in [2.75, 3.05) is 5.88 Å². The molecule has 0 spiro atoms. The summed E-state index contributed by atoms with van der Waals surface area (Å²) in [4.78, 5) is 0. The van der Waals surface area contributed by atoms with Crippen LogP contribution in [0.2, 0.25) is 0 Å². The van der Waals surface area contributed by atoms with Crippen molar-refractivity contribution < 1.29 is 5.11 Å². The fourth-order valence-electron chi connectivity index (χ4n) is 0.823. The zero-order chi connectivity index (χ0) is 8.04. The van der Waals surface area contributed by atoms with Crippen molar-refractivity contribution in [1.82, 2.24) is 0 Å². The molecular weight excluding hydrogens is 148 g/mol. The summed E-state index contributed by atoms with van der Waals surface area (Å²) in [5, 5.41) is 9.42. The molecular formula is C8H17ClO. The zero-order valence-electron chi connectivity index (χ0n) is 6.86. The molecule has 10 heavy (non-hydrogen) atoms. The molecule has 1 nitrogen and oxygen atoms in total. The van der Waals surface area contributed by atoms with Crippen LogP contribution in [0.3, 0.4) is 0 Å². The predicted octanol–water partition coefficient (Wildman–Crippen LogP) is 2.56. The van der Waals surface area contributed by atoms with Gasteiger partial charge in [-0.15, -0.1) is 11.6 Å². The highest BCUT2D eigenvalue weighted by atomic mass is 35.5. The van der Waals surface area contributed by atoms with E-state index < -0.39 is 5.60 Å². The number of alkyl halides is 1. The third-order valence-corrected chi connectivity index (χ3v) is 2.18. The minimum Gasteiger partial charge on any atom is -0.389 e. The molecule has 1 atom stereocenters. The van der Waals surface area contributed by atoms with Gasteiger partial charge in [-0.25, -0.2) is 0 Å². The van der Waals surface area contributed by atoms with E-state index in [1.807, 2.05) is 0 Å². The van der Waals surface area contributed by atoms with Gasteiger partial charge in [0.15, 0.2) is 0 Å². The summed E-state index contributed by atoms with van der Waals surface area (Å²) in [5.74, 6) is 0.344. The van der Waals surface area contributed by atoms with Gasteiger partial charge in [0, 0.05) is 0 Å². The van der Waals surface area contributed by atoms with Gasteiger partial charge in [-0.3, -0.25) is 0 Å². The monoisotopic (exact) mass is 164 g/mol. The van der Waals surface area contributed by atoms with Crippen molar-refractivity contribution in [2.24, 2.45) is 0 Å². The molecule has 0 aliphatic heterocycles. The van der Waals surface area contributed by atoms with Gasteiger partial charge in [-0.05, 0) is 13.3 Å². The van der Waals surface area contributed by atoms with Crippen molar-refractivity contribution in [3.05, 3.63) is 0 Å². The lowest BCUT2D eigenvalue weighted by Crippen LogP contribution is -2.25. The van der Waals surface area contributed by atoms with Crippen LogP contribution in [0, 0.1) is 0 Å². The van der Waals surface area contributed by atoms with Crippen LogP contribution < -0.4 is 0 Å². The highest BCUT2D eigenvalue weighted by Gasteiger charge is 2.17. The van der Waals surface area contributed by atoms with E-state index in [1.165, 1.54) is 12.8 Å². The van der Waals surface area contributed by atoms with Crippen molar-refractivity contribution in [1.29, 1.82) is 0 Å². The summed E-state index contributed by atoms with van der Waals surface area (Å²) in [5.41, 5.74) is -0.642. The molecule has 62 valence electrons. The summed E-state index contributed by atoms with van der Waals surface area (Å²) in [6, 6.07) is 0. The minimum absolute atomic E-state index is 0.344. The molecule has 0 radical (unpaired) electrons. The van der Waals surface area contributed by atoms with Gasteiger partial charge in [-0.1, -0.05) is 26.2 Å². The van der Waals surface area contributed by atoms with E-state index in [0.29, 0.717) is 5.88 Å². The lowest BCUT2D eigenvalue weighted by atomic mass is 10.0. The molecule has 0 rings (SSSR count). The molecule has 0 saturated carbocycles. The quantitative estimate of drug-likeness (QED) is 0.489. The molecule has 0 bridgehead atoms. The van der Waals surface area contributed by atoms with Crippen LogP contribution in [-0.2, 0) is 0 Å². The van der Waals surface area contributed by atoms with Crippen LogP contribution in [-0.4, -0.2) is 16.6 Å². The molecule has 0 amide bonds. The SMILES string of the molecule is CCCCCC(C)(O)CCl. The summed E-state index contributed by atoms with van der Waals surface area (Å²) in [7, 11) is 0. The molecule has 0 heterocycles. The highest BCUT2D eigenvalue weighted by molar-refractivity contribution is 6.18. The van der Waals surface area contributed by atoms with E-state index in [1.54, 1.807) is 6.92 Å². The van der Waals surface area contributed by atoms with E-state index in [-0.39, 0.29) is 0 Å². The third kappa shape index (κ3) is 5.07. The van der Waals surface area contributed by atoms with Gasteiger partial charge < -0.3 is 5.11 Å². The minimum atomic E-state index is -0.642. The second-order valence-electron chi connectivity index (χ2n) is 3.09. The smallest absolute Gasteiger partial charge is 0.0754 e. The zero-order valence-corrected chi connectivity index (χ0v) is 7.62.